The third-order valence-electron chi connectivity index (χ3n) is 3.34. The molecule has 6 nitrogen and oxygen atoms in total. The molecule has 0 aliphatic rings. The molecule has 0 fully saturated rings. The van der Waals surface area contributed by atoms with Gasteiger partial charge in [-0.3, -0.25) is 14.6 Å². The van der Waals surface area contributed by atoms with Gasteiger partial charge >= 0.3 is 0 Å². The highest BCUT2D eigenvalue weighted by atomic mass is 16.1. The van der Waals surface area contributed by atoms with Crippen LogP contribution in [0.25, 0.3) is 10.8 Å². The Morgan fingerprint density at radius 3 is 2.59 bits per heavy atom. The molecule has 0 spiro atoms. The zero-order valence-electron chi connectivity index (χ0n) is 11.7. The van der Waals surface area contributed by atoms with Crippen LogP contribution >= 0.6 is 0 Å². The number of nitrogens with zero attached hydrogens (tertiary/aromatic N) is 2. The fourth-order valence-electron chi connectivity index (χ4n) is 2.22. The van der Waals surface area contributed by atoms with E-state index < -0.39 is 0 Å². The Bertz CT molecular complexity index is 859. The van der Waals surface area contributed by atoms with Crippen LogP contribution in [-0.2, 0) is 17.8 Å². The molecule has 1 aromatic carbocycles. The number of rotatable bonds is 4. The Morgan fingerprint density at radius 1 is 1.09 bits per heavy atom. The van der Waals surface area contributed by atoms with Crippen molar-refractivity contribution >= 4 is 16.7 Å². The lowest BCUT2D eigenvalue weighted by Crippen LogP contribution is -2.25. The summed E-state index contributed by atoms with van der Waals surface area (Å²) in [5.74, 6) is -0.151. The van der Waals surface area contributed by atoms with Gasteiger partial charge in [0.25, 0.3) is 5.56 Å². The second kappa shape index (κ2) is 6.17. The number of hydrogen-bond acceptors (Lipinski definition) is 4. The van der Waals surface area contributed by atoms with Crippen LogP contribution in [0, 0.1) is 0 Å². The summed E-state index contributed by atoms with van der Waals surface area (Å²) >= 11 is 0. The van der Waals surface area contributed by atoms with Crippen LogP contribution in [0.4, 0.5) is 0 Å². The zero-order valence-corrected chi connectivity index (χ0v) is 11.7. The molecular formula is C16H14N4O2. The van der Waals surface area contributed by atoms with Gasteiger partial charge in [-0.25, -0.2) is 5.10 Å². The number of H-pyrrole nitrogens is 1. The van der Waals surface area contributed by atoms with Gasteiger partial charge in [0, 0.05) is 24.3 Å². The first-order valence-electron chi connectivity index (χ1n) is 6.86. The monoisotopic (exact) mass is 294 g/mol. The lowest BCUT2D eigenvalue weighted by molar-refractivity contribution is -0.120. The van der Waals surface area contributed by atoms with E-state index in [-0.39, 0.29) is 17.9 Å². The first-order chi connectivity index (χ1) is 10.7. The number of carbonyl (C=O) groups excluding carboxylic acids is 1. The van der Waals surface area contributed by atoms with Crippen molar-refractivity contribution in [2.45, 2.75) is 13.0 Å². The molecule has 0 bridgehead atoms. The summed E-state index contributed by atoms with van der Waals surface area (Å²) in [4.78, 5) is 27.7. The number of aromatic amines is 1. The summed E-state index contributed by atoms with van der Waals surface area (Å²) < 4.78 is 0. The Morgan fingerprint density at radius 2 is 1.82 bits per heavy atom. The first kappa shape index (κ1) is 13.9. The van der Waals surface area contributed by atoms with Crippen LogP contribution < -0.4 is 10.9 Å². The molecule has 0 aliphatic carbocycles. The lowest BCUT2D eigenvalue weighted by Gasteiger charge is -2.06. The molecule has 2 heterocycles. The minimum Gasteiger partial charge on any atom is -0.352 e. The van der Waals surface area contributed by atoms with E-state index >= 15 is 0 Å². The maximum absolute atomic E-state index is 12.1. The number of amides is 1. The topological polar surface area (TPSA) is 87.7 Å². The second-order valence-electron chi connectivity index (χ2n) is 4.85. The zero-order chi connectivity index (χ0) is 15.4. The summed E-state index contributed by atoms with van der Waals surface area (Å²) in [6, 6.07) is 10.8. The van der Waals surface area contributed by atoms with Crippen LogP contribution in [0.3, 0.4) is 0 Å². The SMILES string of the molecule is O=C(Cc1n[nH]c(=O)c2ccccc12)NCc1ccncc1. The highest BCUT2D eigenvalue weighted by Crippen LogP contribution is 2.12. The normalized spacial score (nSPS) is 10.5. The third kappa shape index (κ3) is 3.01. The molecule has 22 heavy (non-hydrogen) atoms. The molecule has 0 saturated heterocycles. The number of benzene rings is 1. The van der Waals surface area contributed by atoms with Crippen molar-refractivity contribution < 1.29 is 4.79 Å². The van der Waals surface area contributed by atoms with Crippen LogP contribution in [0.1, 0.15) is 11.3 Å². The molecule has 0 radical (unpaired) electrons. The van der Waals surface area contributed by atoms with Crippen LogP contribution in [0.5, 0.6) is 0 Å². The predicted octanol–water partition coefficient (Wildman–Crippen LogP) is 1.18. The van der Waals surface area contributed by atoms with Crippen molar-refractivity contribution in [3.63, 3.8) is 0 Å². The van der Waals surface area contributed by atoms with E-state index in [0.717, 1.165) is 5.56 Å². The minimum atomic E-state index is -0.253. The van der Waals surface area contributed by atoms with Gasteiger partial charge in [0.1, 0.15) is 0 Å². The predicted molar refractivity (Wildman–Crippen MR) is 82.2 cm³/mol. The van der Waals surface area contributed by atoms with E-state index in [4.69, 9.17) is 0 Å². The fraction of sp³-hybridized carbons (Fsp3) is 0.125. The molecule has 0 aliphatic heterocycles. The highest BCUT2D eigenvalue weighted by Gasteiger charge is 2.10. The number of fused-ring (bicyclic) bond motifs is 1. The summed E-state index contributed by atoms with van der Waals surface area (Å²) in [5.41, 5.74) is 1.28. The molecule has 2 aromatic heterocycles. The fourth-order valence-corrected chi connectivity index (χ4v) is 2.22. The summed E-state index contributed by atoms with van der Waals surface area (Å²) in [6.45, 7) is 0.433. The average molecular weight is 294 g/mol. The minimum absolute atomic E-state index is 0.113. The van der Waals surface area contributed by atoms with Crippen molar-refractivity contribution in [2.24, 2.45) is 0 Å². The number of nitrogens with one attached hydrogen (secondary N) is 2. The highest BCUT2D eigenvalue weighted by molar-refractivity contribution is 5.88. The first-order valence-corrected chi connectivity index (χ1v) is 6.86. The lowest BCUT2D eigenvalue weighted by atomic mass is 10.1. The molecule has 1 amide bonds. The van der Waals surface area contributed by atoms with Gasteiger partial charge in [0.2, 0.25) is 5.91 Å². The molecular weight excluding hydrogens is 280 g/mol. The largest absolute Gasteiger partial charge is 0.352 e. The van der Waals surface area contributed by atoms with Crippen molar-refractivity contribution in [1.82, 2.24) is 20.5 Å². The van der Waals surface area contributed by atoms with E-state index in [2.05, 4.69) is 20.5 Å². The van der Waals surface area contributed by atoms with Gasteiger partial charge in [-0.15, -0.1) is 0 Å². The number of carbonyl (C=O) groups is 1. The average Bonchev–Trinajstić information content (AvgIpc) is 2.57. The van der Waals surface area contributed by atoms with Gasteiger partial charge in [-0.1, -0.05) is 18.2 Å². The quantitative estimate of drug-likeness (QED) is 0.756. The number of pyridine rings is 1. The maximum Gasteiger partial charge on any atom is 0.272 e. The van der Waals surface area contributed by atoms with Crippen LogP contribution in [0.2, 0.25) is 0 Å². The second-order valence-corrected chi connectivity index (χ2v) is 4.85. The summed E-state index contributed by atoms with van der Waals surface area (Å²) in [5, 5.41) is 10.5. The Labute approximate surface area is 126 Å². The van der Waals surface area contributed by atoms with E-state index in [1.54, 1.807) is 30.6 Å². The van der Waals surface area contributed by atoms with Crippen LogP contribution in [0.15, 0.2) is 53.6 Å². The summed E-state index contributed by atoms with van der Waals surface area (Å²) in [7, 11) is 0. The van der Waals surface area contributed by atoms with Crippen LogP contribution in [-0.4, -0.2) is 21.1 Å². The number of aromatic nitrogens is 3. The van der Waals surface area contributed by atoms with Gasteiger partial charge in [-0.2, -0.15) is 5.10 Å². The summed E-state index contributed by atoms with van der Waals surface area (Å²) in [6.07, 6.45) is 3.47. The van der Waals surface area contributed by atoms with E-state index in [1.165, 1.54) is 0 Å². The molecule has 3 rings (SSSR count). The van der Waals surface area contributed by atoms with Gasteiger partial charge in [0.05, 0.1) is 17.5 Å². The molecule has 110 valence electrons. The van der Waals surface area contributed by atoms with Gasteiger partial charge in [-0.05, 0) is 23.8 Å². The third-order valence-corrected chi connectivity index (χ3v) is 3.34. The number of hydrogen-bond donors (Lipinski definition) is 2. The Hall–Kier alpha value is -3.02. The molecule has 6 heteroatoms. The molecule has 0 saturated carbocycles. The van der Waals surface area contributed by atoms with Gasteiger partial charge < -0.3 is 5.32 Å². The van der Waals surface area contributed by atoms with Gasteiger partial charge in [0.15, 0.2) is 0 Å². The van der Waals surface area contributed by atoms with Crippen molar-refractivity contribution in [2.75, 3.05) is 0 Å². The van der Waals surface area contributed by atoms with E-state index in [1.807, 2.05) is 18.2 Å². The van der Waals surface area contributed by atoms with Crippen molar-refractivity contribution in [1.29, 1.82) is 0 Å². The van der Waals surface area contributed by atoms with E-state index in [9.17, 15) is 9.59 Å². The van der Waals surface area contributed by atoms with Crippen molar-refractivity contribution in [3.05, 3.63) is 70.4 Å². The van der Waals surface area contributed by atoms with E-state index in [0.29, 0.717) is 23.0 Å². The smallest absolute Gasteiger partial charge is 0.272 e. The molecule has 3 aromatic rings. The molecule has 2 N–H and O–H groups in total. The standard InChI is InChI=1S/C16H14N4O2/c21-15(18-10-11-5-7-17-8-6-11)9-14-12-3-1-2-4-13(12)16(22)20-19-14/h1-8H,9-10H2,(H,18,21)(H,20,22). The molecule has 0 atom stereocenters. The Kier molecular flexibility index (Phi) is 3.91. The molecule has 0 unspecified atom stereocenters. The Balaban J connectivity index is 1.75. The maximum atomic E-state index is 12.1. The van der Waals surface area contributed by atoms with Crippen molar-refractivity contribution in [3.8, 4) is 0 Å².